The quantitative estimate of drug-likeness (QED) is 0.719. The maximum Gasteiger partial charge on any atom is 0.352 e. The lowest BCUT2D eigenvalue weighted by Gasteiger charge is -2.39. The summed E-state index contributed by atoms with van der Waals surface area (Å²) >= 11 is 1.84. The zero-order valence-electron chi connectivity index (χ0n) is 9.58. The molecule has 1 fully saturated rings. The molecule has 92 valence electrons. The smallest absolute Gasteiger partial charge is 0.352 e. The third kappa shape index (κ3) is 1.92. The van der Waals surface area contributed by atoms with Gasteiger partial charge in [0.05, 0.1) is 10.7 Å². The molecule has 17 heavy (non-hydrogen) atoms. The van der Waals surface area contributed by atoms with Crippen molar-refractivity contribution in [3.63, 3.8) is 0 Å². The summed E-state index contributed by atoms with van der Waals surface area (Å²) in [5, 5.41) is 13.3. The normalized spacial score (nSPS) is 21.9. The standard InChI is InChI=1S/C12H16N2O2S/c15-11(16)9-6-8-10(14-9)17-12(7-13-8)4-2-1-3-5-12/h6,13-14H,1-5,7H2,(H,15,16). The molecule has 0 radical (unpaired) electrons. The van der Waals surface area contributed by atoms with Crippen LogP contribution in [0.4, 0.5) is 5.69 Å². The number of carboxylic acids is 1. The van der Waals surface area contributed by atoms with E-state index in [4.69, 9.17) is 5.11 Å². The largest absolute Gasteiger partial charge is 0.477 e. The molecule has 0 amide bonds. The summed E-state index contributed by atoms with van der Waals surface area (Å²) in [6.45, 7) is 0.960. The average Bonchev–Trinajstić information content (AvgIpc) is 2.73. The average molecular weight is 252 g/mol. The molecule has 1 spiro atoms. The van der Waals surface area contributed by atoms with Gasteiger partial charge in [-0.1, -0.05) is 31.0 Å². The van der Waals surface area contributed by atoms with Gasteiger partial charge in [0.15, 0.2) is 0 Å². The number of aromatic carboxylic acids is 1. The van der Waals surface area contributed by atoms with Crippen LogP contribution < -0.4 is 5.32 Å². The monoisotopic (exact) mass is 252 g/mol. The van der Waals surface area contributed by atoms with Gasteiger partial charge in [-0.25, -0.2) is 4.79 Å². The van der Waals surface area contributed by atoms with Crippen molar-refractivity contribution in [2.45, 2.75) is 41.9 Å². The van der Waals surface area contributed by atoms with Gasteiger partial charge in [0.2, 0.25) is 0 Å². The Balaban J connectivity index is 1.86. The number of fused-ring (bicyclic) bond motifs is 1. The number of rotatable bonds is 1. The van der Waals surface area contributed by atoms with Crippen molar-refractivity contribution in [1.82, 2.24) is 4.98 Å². The molecule has 1 aliphatic carbocycles. The molecule has 2 aliphatic rings. The summed E-state index contributed by atoms with van der Waals surface area (Å²) in [5.74, 6) is -0.889. The number of hydrogen-bond donors (Lipinski definition) is 3. The summed E-state index contributed by atoms with van der Waals surface area (Å²) in [6.07, 6.45) is 6.37. The van der Waals surface area contributed by atoms with Crippen molar-refractivity contribution >= 4 is 23.4 Å². The van der Waals surface area contributed by atoms with Crippen LogP contribution in [-0.2, 0) is 0 Å². The van der Waals surface area contributed by atoms with E-state index in [0.717, 1.165) is 17.3 Å². The van der Waals surface area contributed by atoms with E-state index in [1.165, 1.54) is 32.1 Å². The summed E-state index contributed by atoms with van der Waals surface area (Å²) < 4.78 is 0.284. The van der Waals surface area contributed by atoms with Crippen LogP contribution in [0.25, 0.3) is 0 Å². The van der Waals surface area contributed by atoms with Crippen molar-refractivity contribution in [3.05, 3.63) is 11.8 Å². The first kappa shape index (κ1) is 11.0. The van der Waals surface area contributed by atoms with E-state index in [0.29, 0.717) is 0 Å². The minimum Gasteiger partial charge on any atom is -0.477 e. The second kappa shape index (κ2) is 3.98. The van der Waals surface area contributed by atoms with Crippen molar-refractivity contribution in [3.8, 4) is 0 Å². The van der Waals surface area contributed by atoms with Crippen LogP contribution >= 0.6 is 11.8 Å². The maximum atomic E-state index is 10.9. The molecule has 2 heterocycles. The van der Waals surface area contributed by atoms with E-state index in [1.54, 1.807) is 6.07 Å². The number of hydrogen-bond acceptors (Lipinski definition) is 3. The van der Waals surface area contributed by atoms with Gasteiger partial charge in [0.1, 0.15) is 5.69 Å². The first-order chi connectivity index (χ1) is 8.19. The Morgan fingerprint density at radius 1 is 1.35 bits per heavy atom. The van der Waals surface area contributed by atoms with Crippen LogP contribution in [0.15, 0.2) is 11.1 Å². The summed E-state index contributed by atoms with van der Waals surface area (Å²) in [6, 6.07) is 1.69. The molecule has 1 aromatic rings. The molecule has 0 unspecified atom stereocenters. The van der Waals surface area contributed by atoms with Crippen molar-refractivity contribution < 1.29 is 9.90 Å². The number of aromatic nitrogens is 1. The molecule has 3 rings (SSSR count). The van der Waals surface area contributed by atoms with E-state index >= 15 is 0 Å². The highest BCUT2D eigenvalue weighted by atomic mass is 32.2. The predicted octanol–water partition coefficient (Wildman–Crippen LogP) is 2.93. The second-order valence-electron chi connectivity index (χ2n) is 4.93. The lowest BCUT2D eigenvalue weighted by molar-refractivity contribution is 0.0691. The fourth-order valence-corrected chi connectivity index (χ4v) is 4.22. The number of nitrogens with one attached hydrogen (secondary N) is 2. The fourth-order valence-electron chi connectivity index (χ4n) is 2.75. The number of carboxylic acid groups (broad SMARTS) is 1. The van der Waals surface area contributed by atoms with Gasteiger partial charge in [-0.05, 0) is 18.9 Å². The summed E-state index contributed by atoms with van der Waals surface area (Å²) in [7, 11) is 0. The van der Waals surface area contributed by atoms with Crippen LogP contribution in [-0.4, -0.2) is 27.4 Å². The lowest BCUT2D eigenvalue weighted by atomic mass is 9.88. The van der Waals surface area contributed by atoms with Crippen LogP contribution in [0.1, 0.15) is 42.6 Å². The topological polar surface area (TPSA) is 65.1 Å². The first-order valence-corrected chi connectivity index (χ1v) is 6.89. The fraction of sp³-hybridized carbons (Fsp3) is 0.583. The van der Waals surface area contributed by atoms with Crippen molar-refractivity contribution in [1.29, 1.82) is 0 Å². The summed E-state index contributed by atoms with van der Waals surface area (Å²) in [5.41, 5.74) is 1.23. The minimum atomic E-state index is -0.889. The summed E-state index contributed by atoms with van der Waals surface area (Å²) in [4.78, 5) is 13.9. The molecule has 3 N–H and O–H groups in total. The van der Waals surface area contributed by atoms with Crippen LogP contribution in [0.5, 0.6) is 0 Å². The Hall–Kier alpha value is -1.10. The maximum absolute atomic E-state index is 10.9. The number of aromatic amines is 1. The number of anilines is 1. The van der Waals surface area contributed by atoms with Gasteiger partial charge in [-0.15, -0.1) is 0 Å². The molecular weight excluding hydrogens is 236 g/mol. The molecular formula is C12H16N2O2S. The molecule has 1 aromatic heterocycles. The molecule has 0 bridgehead atoms. The minimum absolute atomic E-state index is 0.280. The highest BCUT2D eigenvalue weighted by Gasteiger charge is 2.37. The Kier molecular flexibility index (Phi) is 2.58. The van der Waals surface area contributed by atoms with Gasteiger partial charge in [0.25, 0.3) is 0 Å². The zero-order chi connectivity index (χ0) is 11.9. The Bertz CT molecular complexity index is 449. The van der Waals surface area contributed by atoms with Crippen molar-refractivity contribution in [2.75, 3.05) is 11.9 Å². The predicted molar refractivity (Wildman–Crippen MR) is 67.9 cm³/mol. The molecule has 0 atom stereocenters. The van der Waals surface area contributed by atoms with E-state index in [-0.39, 0.29) is 10.4 Å². The van der Waals surface area contributed by atoms with Crippen LogP contribution in [0.2, 0.25) is 0 Å². The third-order valence-electron chi connectivity index (χ3n) is 3.70. The third-order valence-corrected chi connectivity index (χ3v) is 5.21. The highest BCUT2D eigenvalue weighted by Crippen LogP contribution is 2.48. The zero-order valence-corrected chi connectivity index (χ0v) is 10.4. The number of thioether (sulfide) groups is 1. The van der Waals surface area contributed by atoms with Gasteiger partial charge in [-0.3, -0.25) is 0 Å². The Morgan fingerprint density at radius 2 is 2.12 bits per heavy atom. The van der Waals surface area contributed by atoms with Gasteiger partial charge in [-0.2, -0.15) is 0 Å². The van der Waals surface area contributed by atoms with E-state index < -0.39 is 5.97 Å². The van der Waals surface area contributed by atoms with Gasteiger partial charge >= 0.3 is 5.97 Å². The second-order valence-corrected chi connectivity index (χ2v) is 6.41. The highest BCUT2D eigenvalue weighted by molar-refractivity contribution is 8.00. The number of H-pyrrole nitrogens is 1. The molecule has 0 saturated heterocycles. The SMILES string of the molecule is O=C(O)c1cc2c([nH]1)SC1(CCCCC1)CN2. The first-order valence-electron chi connectivity index (χ1n) is 6.08. The molecule has 0 aromatic carbocycles. The van der Waals surface area contributed by atoms with Crippen LogP contribution in [0, 0.1) is 0 Å². The van der Waals surface area contributed by atoms with E-state index in [9.17, 15) is 4.79 Å². The van der Waals surface area contributed by atoms with Crippen molar-refractivity contribution in [2.24, 2.45) is 0 Å². The Labute approximate surface area is 104 Å². The molecule has 5 heteroatoms. The van der Waals surface area contributed by atoms with E-state index in [1.807, 2.05) is 11.8 Å². The molecule has 4 nitrogen and oxygen atoms in total. The Morgan fingerprint density at radius 3 is 2.82 bits per heavy atom. The van der Waals surface area contributed by atoms with Gasteiger partial charge in [0, 0.05) is 11.3 Å². The van der Waals surface area contributed by atoms with Gasteiger partial charge < -0.3 is 15.4 Å². The number of carbonyl (C=O) groups is 1. The van der Waals surface area contributed by atoms with E-state index in [2.05, 4.69) is 10.3 Å². The molecule has 1 aliphatic heterocycles. The van der Waals surface area contributed by atoms with Crippen LogP contribution in [0.3, 0.4) is 0 Å². The molecule has 1 saturated carbocycles. The lowest BCUT2D eigenvalue weighted by Crippen LogP contribution is -2.38.